The predicted octanol–water partition coefficient (Wildman–Crippen LogP) is 5.56. The van der Waals surface area contributed by atoms with Crippen LogP contribution >= 0.6 is 0 Å². The van der Waals surface area contributed by atoms with Gasteiger partial charge in [-0.25, -0.2) is 0 Å². The lowest BCUT2D eigenvalue weighted by molar-refractivity contribution is -0.117. The van der Waals surface area contributed by atoms with Gasteiger partial charge in [0.05, 0.1) is 24.5 Å². The van der Waals surface area contributed by atoms with Crippen LogP contribution in [0.2, 0.25) is 0 Å². The molecule has 162 valence electrons. The highest BCUT2D eigenvalue weighted by atomic mass is 16.1. The van der Waals surface area contributed by atoms with Crippen LogP contribution in [0.1, 0.15) is 44.0 Å². The molecule has 0 unspecified atom stereocenters. The highest BCUT2D eigenvalue weighted by Gasteiger charge is 2.21. The van der Waals surface area contributed by atoms with Gasteiger partial charge in [-0.05, 0) is 48.6 Å². The van der Waals surface area contributed by atoms with Crippen LogP contribution in [0, 0.1) is 19.3 Å². The lowest BCUT2D eigenvalue weighted by Gasteiger charge is -2.30. The molecule has 5 heteroatoms. The van der Waals surface area contributed by atoms with Crippen LogP contribution in [0.25, 0.3) is 11.3 Å². The van der Waals surface area contributed by atoms with E-state index in [0.717, 1.165) is 47.7 Å². The normalized spacial score (nSPS) is 13.8. The minimum Gasteiger partial charge on any atom is -0.364 e. The van der Waals surface area contributed by atoms with Crippen LogP contribution in [-0.2, 0) is 17.9 Å². The minimum absolute atomic E-state index is 0.0266. The molecule has 31 heavy (non-hydrogen) atoms. The Bertz CT molecular complexity index is 1070. The molecule has 4 rings (SSSR count). The number of hydrogen-bond acceptors (Lipinski definition) is 3. The Kier molecular flexibility index (Phi) is 5.61. The summed E-state index contributed by atoms with van der Waals surface area (Å²) in [5.74, 6) is 0.0711. The van der Waals surface area contributed by atoms with E-state index in [1.165, 1.54) is 11.4 Å². The zero-order chi connectivity index (χ0) is 22.2. The number of hydrogen-bond donors (Lipinski definition) is 1. The molecule has 2 heterocycles. The van der Waals surface area contributed by atoms with Gasteiger partial charge in [-0.2, -0.15) is 5.10 Å². The van der Waals surface area contributed by atoms with Gasteiger partial charge < -0.3 is 10.2 Å². The van der Waals surface area contributed by atoms with Gasteiger partial charge in [0.15, 0.2) is 0 Å². The van der Waals surface area contributed by atoms with E-state index in [2.05, 4.69) is 79.8 Å². The van der Waals surface area contributed by atoms with Crippen molar-refractivity contribution < 1.29 is 4.79 Å². The maximum absolute atomic E-state index is 12.4. The third kappa shape index (κ3) is 4.82. The standard InChI is InChI=1S/C26H32N4O/c1-18-13-21(14-19(2)25(18)27-24(31)16-26(3,4)5)29-11-12-30-22(17-29)15-23(28-30)20-9-7-6-8-10-20/h6-10,13-15H,11-12,16-17H2,1-5H3,(H,27,31). The van der Waals surface area contributed by atoms with Gasteiger partial charge in [0.2, 0.25) is 5.91 Å². The second-order valence-corrected chi connectivity index (χ2v) is 9.77. The first-order valence-corrected chi connectivity index (χ1v) is 11.0. The SMILES string of the molecule is Cc1cc(N2CCn3nc(-c4ccccc4)cc3C2)cc(C)c1NC(=O)CC(C)(C)C. The molecular formula is C26H32N4O. The van der Waals surface area contributed by atoms with Crippen molar-refractivity contribution >= 4 is 17.3 Å². The van der Waals surface area contributed by atoms with Crippen molar-refractivity contribution in [2.45, 2.75) is 54.1 Å². The summed E-state index contributed by atoms with van der Waals surface area (Å²) < 4.78 is 2.12. The fourth-order valence-electron chi connectivity index (χ4n) is 4.22. The fourth-order valence-corrected chi connectivity index (χ4v) is 4.22. The lowest BCUT2D eigenvalue weighted by atomic mass is 9.92. The smallest absolute Gasteiger partial charge is 0.224 e. The van der Waals surface area contributed by atoms with Crippen LogP contribution in [0.5, 0.6) is 0 Å². The molecule has 0 aliphatic carbocycles. The number of nitrogens with zero attached hydrogens (tertiary/aromatic N) is 3. The highest BCUT2D eigenvalue weighted by Crippen LogP contribution is 2.31. The van der Waals surface area contributed by atoms with Gasteiger partial charge >= 0.3 is 0 Å². The number of fused-ring (bicyclic) bond motifs is 1. The second kappa shape index (κ2) is 8.22. The molecular weight excluding hydrogens is 384 g/mol. The quantitative estimate of drug-likeness (QED) is 0.606. The molecule has 1 amide bonds. The van der Waals surface area contributed by atoms with E-state index in [1.54, 1.807) is 0 Å². The summed E-state index contributed by atoms with van der Waals surface area (Å²) in [5.41, 5.74) is 7.70. The van der Waals surface area contributed by atoms with Crippen LogP contribution in [0.15, 0.2) is 48.5 Å². The van der Waals surface area contributed by atoms with Gasteiger partial charge in [-0.3, -0.25) is 9.48 Å². The van der Waals surface area contributed by atoms with Gasteiger partial charge in [-0.15, -0.1) is 0 Å². The molecule has 3 aromatic rings. The van der Waals surface area contributed by atoms with Gasteiger partial charge in [0.25, 0.3) is 0 Å². The Balaban J connectivity index is 1.52. The van der Waals surface area contributed by atoms with Crippen molar-refractivity contribution in [1.29, 1.82) is 0 Å². The molecule has 0 atom stereocenters. The number of amides is 1. The van der Waals surface area contributed by atoms with Crippen LogP contribution in [0.4, 0.5) is 11.4 Å². The molecule has 5 nitrogen and oxygen atoms in total. The Morgan fingerprint density at radius 1 is 1.03 bits per heavy atom. The molecule has 1 aliphatic heterocycles. The second-order valence-electron chi connectivity index (χ2n) is 9.77. The summed E-state index contributed by atoms with van der Waals surface area (Å²) >= 11 is 0. The first-order valence-electron chi connectivity index (χ1n) is 11.0. The van der Waals surface area contributed by atoms with E-state index >= 15 is 0 Å². The number of aryl methyl sites for hydroxylation is 2. The number of nitrogens with one attached hydrogen (secondary N) is 1. The molecule has 0 saturated heterocycles. The van der Waals surface area contributed by atoms with E-state index in [-0.39, 0.29) is 11.3 Å². The zero-order valence-corrected chi connectivity index (χ0v) is 19.2. The average molecular weight is 417 g/mol. The van der Waals surface area contributed by atoms with E-state index in [9.17, 15) is 4.79 Å². The van der Waals surface area contributed by atoms with E-state index < -0.39 is 0 Å². The number of carbonyl (C=O) groups is 1. The number of carbonyl (C=O) groups excluding carboxylic acids is 1. The van der Waals surface area contributed by atoms with Gasteiger partial charge in [0.1, 0.15) is 0 Å². The minimum atomic E-state index is -0.0266. The fraction of sp³-hybridized carbons (Fsp3) is 0.385. The summed E-state index contributed by atoms with van der Waals surface area (Å²) in [5, 5.41) is 7.93. The first-order chi connectivity index (χ1) is 14.7. The van der Waals surface area contributed by atoms with E-state index in [0.29, 0.717) is 6.42 Å². The third-order valence-electron chi connectivity index (χ3n) is 5.71. The number of rotatable bonds is 4. The summed E-state index contributed by atoms with van der Waals surface area (Å²) in [7, 11) is 0. The van der Waals surface area contributed by atoms with Gasteiger partial charge in [0, 0.05) is 29.9 Å². The Hall–Kier alpha value is -3.08. The van der Waals surface area contributed by atoms with Crippen LogP contribution in [0.3, 0.4) is 0 Å². The molecule has 0 radical (unpaired) electrons. The molecule has 1 N–H and O–H groups in total. The monoisotopic (exact) mass is 416 g/mol. The molecule has 0 bridgehead atoms. The molecule has 2 aromatic carbocycles. The lowest BCUT2D eigenvalue weighted by Crippen LogP contribution is -2.33. The summed E-state index contributed by atoms with van der Waals surface area (Å²) in [6.45, 7) is 13.0. The van der Waals surface area contributed by atoms with Crippen molar-refractivity contribution in [1.82, 2.24) is 9.78 Å². The summed E-state index contributed by atoms with van der Waals surface area (Å²) in [6, 6.07) is 16.9. The topological polar surface area (TPSA) is 50.2 Å². The number of aromatic nitrogens is 2. The summed E-state index contributed by atoms with van der Waals surface area (Å²) in [4.78, 5) is 14.8. The maximum atomic E-state index is 12.4. The number of anilines is 2. The Morgan fingerprint density at radius 2 is 1.71 bits per heavy atom. The van der Waals surface area contributed by atoms with Crippen molar-refractivity contribution in [2.75, 3.05) is 16.8 Å². The molecule has 0 fully saturated rings. The molecule has 0 saturated carbocycles. The van der Waals surface area contributed by atoms with E-state index in [4.69, 9.17) is 5.10 Å². The van der Waals surface area contributed by atoms with Crippen LogP contribution in [-0.4, -0.2) is 22.2 Å². The zero-order valence-electron chi connectivity index (χ0n) is 19.2. The van der Waals surface area contributed by atoms with E-state index in [1.807, 2.05) is 18.2 Å². The summed E-state index contributed by atoms with van der Waals surface area (Å²) in [6.07, 6.45) is 0.507. The highest BCUT2D eigenvalue weighted by molar-refractivity contribution is 5.93. The molecule has 0 spiro atoms. The van der Waals surface area contributed by atoms with Gasteiger partial charge in [-0.1, -0.05) is 51.1 Å². The first kappa shape index (κ1) is 21.2. The van der Waals surface area contributed by atoms with Crippen LogP contribution < -0.4 is 10.2 Å². The maximum Gasteiger partial charge on any atom is 0.224 e. The Morgan fingerprint density at radius 3 is 2.35 bits per heavy atom. The van der Waals surface area contributed by atoms with Crippen molar-refractivity contribution in [3.63, 3.8) is 0 Å². The molecule has 1 aliphatic rings. The molecule has 1 aromatic heterocycles. The third-order valence-corrected chi connectivity index (χ3v) is 5.71. The van der Waals surface area contributed by atoms with Crippen molar-refractivity contribution in [2.24, 2.45) is 5.41 Å². The van der Waals surface area contributed by atoms with Crippen molar-refractivity contribution in [3.05, 3.63) is 65.4 Å². The van der Waals surface area contributed by atoms with Crippen molar-refractivity contribution in [3.8, 4) is 11.3 Å². The Labute approximate surface area is 185 Å². The predicted molar refractivity (Wildman–Crippen MR) is 127 cm³/mol. The average Bonchev–Trinajstić information content (AvgIpc) is 3.13. The largest absolute Gasteiger partial charge is 0.364 e. The number of benzene rings is 2.